The van der Waals surface area contributed by atoms with E-state index < -0.39 is 0 Å². The smallest absolute Gasteiger partial charge is 0.0730 e. The van der Waals surface area contributed by atoms with Gasteiger partial charge in [-0.15, -0.1) is 11.3 Å². The van der Waals surface area contributed by atoms with E-state index in [2.05, 4.69) is 76.9 Å². The molecule has 0 aliphatic heterocycles. The second-order valence-corrected chi connectivity index (χ2v) is 8.21. The summed E-state index contributed by atoms with van der Waals surface area (Å²) in [5.74, 6) is 0. The molecule has 0 amide bonds. The number of benzene rings is 1. The summed E-state index contributed by atoms with van der Waals surface area (Å²) in [5.41, 5.74) is 5.45. The highest BCUT2D eigenvalue weighted by Crippen LogP contribution is 2.37. The molecule has 0 radical (unpaired) electrons. The maximum absolute atomic E-state index is 3.82. The summed E-state index contributed by atoms with van der Waals surface area (Å²) in [6.07, 6.45) is 1.04. The molecule has 2 aromatic rings. The predicted molar refractivity (Wildman–Crippen MR) is 88.0 cm³/mol. The van der Waals surface area contributed by atoms with Crippen LogP contribution in [0, 0.1) is 20.8 Å². The molecule has 1 aromatic carbocycles. The van der Waals surface area contributed by atoms with Crippen LogP contribution in [0.3, 0.4) is 0 Å². The van der Waals surface area contributed by atoms with E-state index in [9.17, 15) is 0 Å². The fourth-order valence-electron chi connectivity index (χ4n) is 1.95. The zero-order valence-corrected chi connectivity index (χ0v) is 14.7. The molecule has 3 heteroatoms. The van der Waals surface area contributed by atoms with Crippen molar-refractivity contribution in [2.24, 2.45) is 0 Å². The molecular formula is C15H16Br2S. The van der Waals surface area contributed by atoms with Gasteiger partial charge < -0.3 is 0 Å². The third-order valence-electron chi connectivity index (χ3n) is 3.09. The zero-order valence-electron chi connectivity index (χ0n) is 10.8. The van der Waals surface area contributed by atoms with Crippen LogP contribution in [0.2, 0.25) is 0 Å². The number of rotatable bonds is 3. The molecule has 0 nitrogen and oxygen atoms in total. The van der Waals surface area contributed by atoms with Crippen molar-refractivity contribution in [2.75, 3.05) is 0 Å². The van der Waals surface area contributed by atoms with Gasteiger partial charge in [-0.25, -0.2) is 0 Å². The first-order valence-corrected chi connectivity index (χ1v) is 8.46. The molecule has 96 valence electrons. The van der Waals surface area contributed by atoms with Crippen molar-refractivity contribution in [3.05, 3.63) is 55.2 Å². The minimum Gasteiger partial charge on any atom is -0.132 e. The summed E-state index contributed by atoms with van der Waals surface area (Å²) in [6.45, 7) is 6.48. The van der Waals surface area contributed by atoms with Crippen LogP contribution in [0.5, 0.6) is 0 Å². The Balaban J connectivity index is 2.20. The van der Waals surface area contributed by atoms with E-state index in [4.69, 9.17) is 0 Å². The fraction of sp³-hybridized carbons (Fsp3) is 0.333. The van der Waals surface area contributed by atoms with Gasteiger partial charge in [0.25, 0.3) is 0 Å². The minimum absolute atomic E-state index is 0.396. The van der Waals surface area contributed by atoms with Gasteiger partial charge in [-0.2, -0.15) is 0 Å². The monoisotopic (exact) mass is 386 g/mol. The number of thiophene rings is 1. The molecule has 0 fully saturated rings. The van der Waals surface area contributed by atoms with Crippen molar-refractivity contribution in [3.63, 3.8) is 0 Å². The van der Waals surface area contributed by atoms with Crippen molar-refractivity contribution in [3.8, 4) is 0 Å². The van der Waals surface area contributed by atoms with Crippen LogP contribution in [-0.4, -0.2) is 0 Å². The van der Waals surface area contributed by atoms with Gasteiger partial charge in [-0.3, -0.25) is 0 Å². The molecule has 1 atom stereocenters. The normalized spacial score (nSPS) is 12.7. The molecule has 0 N–H and O–H groups in total. The van der Waals surface area contributed by atoms with Crippen molar-refractivity contribution >= 4 is 43.2 Å². The number of alkyl halides is 1. The van der Waals surface area contributed by atoms with Crippen LogP contribution in [0.15, 0.2) is 28.1 Å². The van der Waals surface area contributed by atoms with E-state index in [-0.39, 0.29) is 0 Å². The molecule has 0 saturated carbocycles. The van der Waals surface area contributed by atoms with Crippen LogP contribution < -0.4 is 0 Å². The second-order valence-electron chi connectivity index (χ2n) is 4.71. The minimum atomic E-state index is 0.396. The lowest BCUT2D eigenvalue weighted by Gasteiger charge is -2.11. The maximum atomic E-state index is 3.82. The maximum Gasteiger partial charge on any atom is 0.0730 e. The molecule has 1 unspecified atom stereocenters. The molecule has 0 saturated heterocycles. The highest BCUT2D eigenvalue weighted by molar-refractivity contribution is 9.11. The third-order valence-corrected chi connectivity index (χ3v) is 6.46. The lowest BCUT2D eigenvalue weighted by molar-refractivity contribution is 0.954. The summed E-state index contributed by atoms with van der Waals surface area (Å²) in [5, 5.41) is 0. The Morgan fingerprint density at radius 1 is 1.11 bits per heavy atom. The Morgan fingerprint density at radius 2 is 1.83 bits per heavy atom. The molecule has 1 heterocycles. The Kier molecular flexibility index (Phi) is 4.68. The third kappa shape index (κ3) is 3.25. The van der Waals surface area contributed by atoms with Gasteiger partial charge in [-0.1, -0.05) is 39.7 Å². The lowest BCUT2D eigenvalue weighted by Crippen LogP contribution is -1.96. The number of hydrogen-bond acceptors (Lipinski definition) is 1. The van der Waals surface area contributed by atoms with Crippen molar-refractivity contribution in [1.29, 1.82) is 0 Å². The van der Waals surface area contributed by atoms with Gasteiger partial charge in [0.2, 0.25) is 0 Å². The van der Waals surface area contributed by atoms with E-state index in [0.717, 1.165) is 6.42 Å². The molecular weight excluding hydrogens is 372 g/mol. The van der Waals surface area contributed by atoms with E-state index >= 15 is 0 Å². The Morgan fingerprint density at radius 3 is 2.44 bits per heavy atom. The van der Waals surface area contributed by atoms with Crippen LogP contribution in [0.1, 0.15) is 32.0 Å². The summed E-state index contributed by atoms with van der Waals surface area (Å²) in [6, 6.07) is 8.94. The van der Waals surface area contributed by atoms with Gasteiger partial charge in [0.1, 0.15) is 0 Å². The van der Waals surface area contributed by atoms with Gasteiger partial charge in [0, 0.05) is 4.88 Å². The first kappa shape index (κ1) is 14.3. The average Bonchev–Trinajstić information content (AvgIpc) is 2.64. The first-order valence-electron chi connectivity index (χ1n) is 5.93. The molecule has 2 rings (SSSR count). The van der Waals surface area contributed by atoms with Gasteiger partial charge in [0.15, 0.2) is 0 Å². The topological polar surface area (TPSA) is 0 Å². The van der Waals surface area contributed by atoms with Crippen LogP contribution in [0.4, 0.5) is 0 Å². The molecule has 1 aromatic heterocycles. The first-order chi connectivity index (χ1) is 8.47. The Bertz CT molecular complexity index is 538. The summed E-state index contributed by atoms with van der Waals surface area (Å²) >= 11 is 9.23. The summed E-state index contributed by atoms with van der Waals surface area (Å²) in [7, 11) is 0. The lowest BCUT2D eigenvalue weighted by atomic mass is 10.0. The summed E-state index contributed by atoms with van der Waals surface area (Å²) in [4.78, 5) is 1.79. The average molecular weight is 388 g/mol. The van der Waals surface area contributed by atoms with Crippen molar-refractivity contribution in [2.45, 2.75) is 32.0 Å². The molecule has 0 aliphatic carbocycles. The molecule has 0 spiro atoms. The highest BCUT2D eigenvalue weighted by Gasteiger charge is 2.14. The van der Waals surface area contributed by atoms with Gasteiger partial charge in [0.05, 0.1) is 8.61 Å². The SMILES string of the molecule is Cc1ccc(C)c(CC(Br)c2cc(C)c(Br)s2)c1. The zero-order chi connectivity index (χ0) is 13.3. The Hall–Kier alpha value is -0.120. The number of hydrogen-bond donors (Lipinski definition) is 0. The molecule has 0 bridgehead atoms. The quantitative estimate of drug-likeness (QED) is 0.557. The standard InChI is InChI=1S/C15H16Br2S/c1-9-4-5-10(2)12(6-9)8-13(16)14-7-11(3)15(17)18-14/h4-7,13H,8H2,1-3H3. The van der Waals surface area contributed by atoms with E-state index in [1.807, 2.05) is 11.3 Å². The van der Waals surface area contributed by atoms with Gasteiger partial charge >= 0.3 is 0 Å². The largest absolute Gasteiger partial charge is 0.132 e. The summed E-state index contributed by atoms with van der Waals surface area (Å²) < 4.78 is 1.24. The van der Waals surface area contributed by atoms with Crippen LogP contribution in [0.25, 0.3) is 0 Å². The molecule has 0 aliphatic rings. The second kappa shape index (κ2) is 5.89. The van der Waals surface area contributed by atoms with Gasteiger partial charge in [-0.05, 0) is 65.9 Å². The highest BCUT2D eigenvalue weighted by atomic mass is 79.9. The predicted octanol–water partition coefficient (Wildman–Crippen LogP) is 6.11. The number of aryl methyl sites for hydroxylation is 3. The van der Waals surface area contributed by atoms with E-state index in [1.165, 1.54) is 30.9 Å². The van der Waals surface area contributed by atoms with Crippen LogP contribution >= 0.6 is 43.2 Å². The number of halogens is 2. The molecule has 18 heavy (non-hydrogen) atoms. The van der Waals surface area contributed by atoms with Crippen molar-refractivity contribution in [1.82, 2.24) is 0 Å². The van der Waals surface area contributed by atoms with Crippen molar-refractivity contribution < 1.29 is 0 Å². The fourth-order valence-corrected chi connectivity index (χ4v) is 4.26. The van der Waals surface area contributed by atoms with Crippen LogP contribution in [-0.2, 0) is 6.42 Å². The van der Waals surface area contributed by atoms with E-state index in [1.54, 1.807) is 0 Å². The Labute approximate surface area is 130 Å². The van der Waals surface area contributed by atoms with E-state index in [0.29, 0.717) is 4.83 Å².